The Kier molecular flexibility index (Phi) is 3.13. The minimum atomic E-state index is 0.193. The number of ether oxygens (including phenoxy) is 1. The number of nitrogens with zero attached hydrogens (tertiary/aromatic N) is 2. The molecule has 19 heavy (non-hydrogen) atoms. The molecule has 0 aliphatic heterocycles. The van der Waals surface area contributed by atoms with Gasteiger partial charge in [-0.15, -0.1) is 0 Å². The van der Waals surface area contributed by atoms with E-state index >= 15 is 0 Å². The molecule has 0 amide bonds. The fourth-order valence-corrected chi connectivity index (χ4v) is 2.18. The van der Waals surface area contributed by atoms with Gasteiger partial charge in [0.1, 0.15) is 23.8 Å². The van der Waals surface area contributed by atoms with Crippen molar-refractivity contribution in [2.75, 3.05) is 0 Å². The van der Waals surface area contributed by atoms with Gasteiger partial charge in [-0.3, -0.25) is 4.40 Å². The highest BCUT2D eigenvalue weighted by Crippen LogP contribution is 2.20. The summed E-state index contributed by atoms with van der Waals surface area (Å²) in [6.07, 6.45) is 3.73. The normalized spacial score (nSPS) is 10.8. The molecule has 1 aromatic carbocycles. The van der Waals surface area contributed by atoms with Crippen LogP contribution in [-0.4, -0.2) is 14.5 Å². The van der Waals surface area contributed by atoms with Gasteiger partial charge >= 0.3 is 0 Å². The maximum Gasteiger partial charge on any atom is 0.137 e. The molecule has 0 bridgehead atoms. The summed E-state index contributed by atoms with van der Waals surface area (Å²) in [6.45, 7) is 0.390. The number of pyridine rings is 1. The number of hydrogen-bond acceptors (Lipinski definition) is 3. The highest BCUT2D eigenvalue weighted by Gasteiger charge is 2.04. The fourth-order valence-electron chi connectivity index (χ4n) is 1.84. The lowest BCUT2D eigenvalue weighted by Gasteiger charge is -2.06. The van der Waals surface area contributed by atoms with Crippen molar-refractivity contribution in [2.45, 2.75) is 6.61 Å². The molecular weight excluding hydrogens is 308 g/mol. The van der Waals surface area contributed by atoms with E-state index in [1.165, 1.54) is 0 Å². The molecule has 0 saturated heterocycles. The molecule has 2 aromatic heterocycles. The molecule has 96 valence electrons. The van der Waals surface area contributed by atoms with Crippen molar-refractivity contribution in [1.29, 1.82) is 0 Å². The molecule has 0 spiro atoms. The smallest absolute Gasteiger partial charge is 0.137 e. The predicted molar refractivity (Wildman–Crippen MR) is 75.3 cm³/mol. The van der Waals surface area contributed by atoms with Crippen LogP contribution in [0.5, 0.6) is 11.5 Å². The van der Waals surface area contributed by atoms with E-state index in [0.29, 0.717) is 12.4 Å². The minimum absolute atomic E-state index is 0.193. The number of aromatic hydroxyl groups is 1. The van der Waals surface area contributed by atoms with E-state index < -0.39 is 0 Å². The molecule has 0 fully saturated rings. The molecule has 0 aliphatic carbocycles. The molecular formula is C14H11BrN2O2. The van der Waals surface area contributed by atoms with Crippen LogP contribution >= 0.6 is 15.9 Å². The molecule has 3 aromatic rings. The Hall–Kier alpha value is -2.01. The van der Waals surface area contributed by atoms with E-state index in [0.717, 1.165) is 15.8 Å². The number of rotatable bonds is 3. The van der Waals surface area contributed by atoms with Crippen LogP contribution in [0.25, 0.3) is 5.65 Å². The zero-order valence-corrected chi connectivity index (χ0v) is 11.5. The van der Waals surface area contributed by atoms with Gasteiger partial charge in [-0.1, -0.05) is 6.07 Å². The van der Waals surface area contributed by atoms with Crippen LogP contribution in [0.4, 0.5) is 0 Å². The number of hydrogen-bond donors (Lipinski definition) is 1. The summed E-state index contributed by atoms with van der Waals surface area (Å²) in [7, 11) is 0. The van der Waals surface area contributed by atoms with E-state index in [1.54, 1.807) is 30.5 Å². The van der Waals surface area contributed by atoms with E-state index in [-0.39, 0.29) is 5.75 Å². The van der Waals surface area contributed by atoms with Crippen molar-refractivity contribution in [3.63, 3.8) is 0 Å². The van der Waals surface area contributed by atoms with Gasteiger partial charge in [0.15, 0.2) is 0 Å². The Morgan fingerprint density at radius 2 is 2.16 bits per heavy atom. The van der Waals surface area contributed by atoms with Crippen LogP contribution in [0, 0.1) is 0 Å². The Labute approximate surface area is 118 Å². The summed E-state index contributed by atoms with van der Waals surface area (Å²) in [5.74, 6) is 0.823. The van der Waals surface area contributed by atoms with E-state index in [9.17, 15) is 5.11 Å². The molecule has 0 radical (unpaired) electrons. The Bertz CT molecular complexity index is 724. The Morgan fingerprint density at radius 1 is 1.26 bits per heavy atom. The van der Waals surface area contributed by atoms with Gasteiger partial charge in [0.25, 0.3) is 0 Å². The second-order valence-corrected chi connectivity index (χ2v) is 5.03. The number of fused-ring (bicyclic) bond motifs is 1. The van der Waals surface area contributed by atoms with E-state index in [4.69, 9.17) is 4.74 Å². The molecule has 5 heteroatoms. The van der Waals surface area contributed by atoms with Gasteiger partial charge in [-0.05, 0) is 40.2 Å². The fraction of sp³-hybridized carbons (Fsp3) is 0.0714. The first-order chi connectivity index (χ1) is 9.22. The zero-order valence-electron chi connectivity index (χ0n) is 9.95. The molecule has 3 rings (SSSR count). The van der Waals surface area contributed by atoms with Gasteiger partial charge < -0.3 is 9.84 Å². The number of phenols is 1. The summed E-state index contributed by atoms with van der Waals surface area (Å²) in [5, 5.41) is 9.37. The quantitative estimate of drug-likeness (QED) is 0.805. The van der Waals surface area contributed by atoms with Gasteiger partial charge in [0.05, 0.1) is 11.9 Å². The molecule has 0 atom stereocenters. The van der Waals surface area contributed by atoms with Gasteiger partial charge in [0.2, 0.25) is 0 Å². The minimum Gasteiger partial charge on any atom is -0.508 e. The van der Waals surface area contributed by atoms with Gasteiger partial charge in [-0.2, -0.15) is 0 Å². The van der Waals surface area contributed by atoms with Crippen molar-refractivity contribution >= 4 is 21.6 Å². The lowest BCUT2D eigenvalue weighted by Crippen LogP contribution is -1.99. The van der Waals surface area contributed by atoms with E-state index in [2.05, 4.69) is 20.9 Å². The zero-order chi connectivity index (χ0) is 13.2. The van der Waals surface area contributed by atoms with Crippen LogP contribution in [0.15, 0.2) is 53.3 Å². The third-order valence-corrected chi connectivity index (χ3v) is 3.22. The van der Waals surface area contributed by atoms with Crippen molar-refractivity contribution in [3.05, 3.63) is 59.0 Å². The largest absolute Gasteiger partial charge is 0.508 e. The van der Waals surface area contributed by atoms with Crippen molar-refractivity contribution in [2.24, 2.45) is 0 Å². The Morgan fingerprint density at radius 3 is 3.00 bits per heavy atom. The lowest BCUT2D eigenvalue weighted by atomic mass is 10.3. The summed E-state index contributed by atoms with van der Waals surface area (Å²) in [6, 6.07) is 10.6. The van der Waals surface area contributed by atoms with E-state index in [1.807, 2.05) is 22.7 Å². The van der Waals surface area contributed by atoms with Crippen molar-refractivity contribution in [3.8, 4) is 11.5 Å². The van der Waals surface area contributed by atoms with Gasteiger partial charge in [-0.25, -0.2) is 4.98 Å². The highest BCUT2D eigenvalue weighted by molar-refractivity contribution is 9.10. The number of benzene rings is 1. The number of halogens is 1. The van der Waals surface area contributed by atoms with Crippen LogP contribution in [0.3, 0.4) is 0 Å². The van der Waals surface area contributed by atoms with Crippen molar-refractivity contribution < 1.29 is 9.84 Å². The van der Waals surface area contributed by atoms with Crippen LogP contribution in [0.2, 0.25) is 0 Å². The monoisotopic (exact) mass is 318 g/mol. The first kappa shape index (κ1) is 12.0. The van der Waals surface area contributed by atoms with Crippen LogP contribution in [0.1, 0.15) is 5.69 Å². The lowest BCUT2D eigenvalue weighted by molar-refractivity contribution is 0.298. The average Bonchev–Trinajstić information content (AvgIpc) is 2.79. The second kappa shape index (κ2) is 4.93. The maximum atomic E-state index is 9.37. The number of phenolic OH excluding ortho intramolecular Hbond substituents is 1. The summed E-state index contributed by atoms with van der Waals surface area (Å²) < 4.78 is 8.59. The maximum absolute atomic E-state index is 9.37. The first-order valence-electron chi connectivity index (χ1n) is 5.76. The van der Waals surface area contributed by atoms with Crippen LogP contribution < -0.4 is 4.74 Å². The molecule has 0 unspecified atom stereocenters. The standard InChI is InChI=1S/C14H11BrN2O2/c15-10-4-5-14-16-7-11(17(14)8-10)9-19-13-3-1-2-12(18)6-13/h1-8,18H,9H2. The summed E-state index contributed by atoms with van der Waals surface area (Å²) in [5.41, 5.74) is 1.82. The molecule has 2 heterocycles. The van der Waals surface area contributed by atoms with Gasteiger partial charge in [0, 0.05) is 16.7 Å². The van der Waals surface area contributed by atoms with Crippen LogP contribution in [-0.2, 0) is 6.61 Å². The van der Waals surface area contributed by atoms with Crippen molar-refractivity contribution in [1.82, 2.24) is 9.38 Å². The third-order valence-electron chi connectivity index (χ3n) is 2.75. The summed E-state index contributed by atoms with van der Waals surface area (Å²) in [4.78, 5) is 4.30. The topological polar surface area (TPSA) is 46.8 Å². The number of imidazole rings is 1. The molecule has 0 aliphatic rings. The molecule has 1 N–H and O–H groups in total. The predicted octanol–water partition coefficient (Wildman–Crippen LogP) is 3.38. The second-order valence-electron chi connectivity index (χ2n) is 4.11. The summed E-state index contributed by atoms with van der Waals surface area (Å²) >= 11 is 3.43. The molecule has 0 saturated carbocycles. The highest BCUT2D eigenvalue weighted by atomic mass is 79.9. The Balaban J connectivity index is 1.84. The number of aromatic nitrogens is 2. The third kappa shape index (κ3) is 2.56. The first-order valence-corrected chi connectivity index (χ1v) is 6.55. The average molecular weight is 319 g/mol. The molecule has 4 nitrogen and oxygen atoms in total. The SMILES string of the molecule is Oc1cccc(OCc2cnc3ccc(Br)cn23)c1.